The predicted molar refractivity (Wildman–Crippen MR) is 233 cm³/mol. The number of nitrogens with zero attached hydrogens (tertiary/aromatic N) is 6. The molecule has 4 aromatic rings. The van der Waals surface area contributed by atoms with Crippen molar-refractivity contribution in [2.24, 2.45) is 17.3 Å². The van der Waals surface area contributed by atoms with Gasteiger partial charge in [0.2, 0.25) is 11.8 Å². The van der Waals surface area contributed by atoms with Crippen molar-refractivity contribution in [3.63, 3.8) is 0 Å². The van der Waals surface area contributed by atoms with Crippen LogP contribution in [0.3, 0.4) is 0 Å². The van der Waals surface area contributed by atoms with Crippen LogP contribution in [0.1, 0.15) is 76.1 Å². The fraction of sp³-hybridized carbons (Fsp3) is 0.478. The van der Waals surface area contributed by atoms with E-state index in [0.29, 0.717) is 74.0 Å². The number of carboxylic acid groups (broad SMARTS) is 1. The molecule has 348 valence electrons. The number of rotatable bonds is 10. The standard InChI is InChI=1S/C46H54F4N8O7/c1-26-21-35(58(25-26)42(60)38(55(6)44(62)63)30-15-19-64-20-16-30)40-52-24-34(54-40)29-9-7-28(8-10-29)33-13-11-31(22-36(33)65-46(48,49)50)41(59)53-32-12-14-37(51-23-32)56-17-18-57(39(47)27(56)2)43(61)45(3,4)5/h7-14,22-24,26-27,30,35,38-39H,15-21,25H2,1-6H3,(H,52,54)(H,53,59)(H,62,63)/t26?,27-,35-,38?,39-/m0/s1. The molecule has 0 saturated carbocycles. The number of benzene rings is 2. The molecule has 4 amide bonds. The topological polar surface area (TPSA) is 174 Å². The minimum Gasteiger partial charge on any atom is -0.465 e. The molecule has 0 spiro atoms. The fourth-order valence-electron chi connectivity index (χ4n) is 8.90. The molecule has 3 aliphatic rings. The number of H-pyrrole nitrogens is 1. The number of hydrogen-bond acceptors (Lipinski definition) is 9. The summed E-state index contributed by atoms with van der Waals surface area (Å²) in [4.78, 5) is 70.5. The number of carbonyl (C=O) groups is 4. The van der Waals surface area contributed by atoms with E-state index in [9.17, 15) is 37.5 Å². The second-order valence-corrected chi connectivity index (χ2v) is 18.1. The van der Waals surface area contributed by atoms with Crippen molar-refractivity contribution in [2.75, 3.05) is 50.1 Å². The fourth-order valence-corrected chi connectivity index (χ4v) is 8.90. The maximum Gasteiger partial charge on any atom is 0.573 e. The van der Waals surface area contributed by atoms with E-state index in [1.807, 2.05) is 6.92 Å². The van der Waals surface area contributed by atoms with Crippen molar-refractivity contribution >= 4 is 35.3 Å². The van der Waals surface area contributed by atoms with Crippen molar-refractivity contribution in [2.45, 2.75) is 84.7 Å². The van der Waals surface area contributed by atoms with Crippen LogP contribution < -0.4 is 15.0 Å². The van der Waals surface area contributed by atoms with Gasteiger partial charge in [0.1, 0.15) is 23.4 Å². The number of anilines is 2. The van der Waals surface area contributed by atoms with Gasteiger partial charge in [-0.25, -0.2) is 19.2 Å². The zero-order valence-corrected chi connectivity index (χ0v) is 37.1. The Morgan fingerprint density at radius 1 is 0.938 bits per heavy atom. The molecule has 3 N–H and O–H groups in total. The summed E-state index contributed by atoms with van der Waals surface area (Å²) in [5, 5.41) is 12.5. The van der Waals surface area contributed by atoms with Gasteiger partial charge in [0.25, 0.3) is 5.91 Å². The first kappa shape index (κ1) is 46.7. The van der Waals surface area contributed by atoms with Gasteiger partial charge in [0.05, 0.1) is 35.9 Å². The molecule has 5 atom stereocenters. The lowest BCUT2D eigenvalue weighted by atomic mass is 9.89. The van der Waals surface area contributed by atoms with Crippen molar-refractivity contribution < 1.29 is 51.3 Å². The van der Waals surface area contributed by atoms with Gasteiger partial charge in [0.15, 0.2) is 6.30 Å². The van der Waals surface area contributed by atoms with Gasteiger partial charge >= 0.3 is 12.5 Å². The van der Waals surface area contributed by atoms with Crippen LogP contribution in [0.15, 0.2) is 67.0 Å². The van der Waals surface area contributed by atoms with Gasteiger partial charge in [-0.2, -0.15) is 0 Å². The van der Waals surface area contributed by atoms with Crippen LogP contribution in [-0.4, -0.2) is 123 Å². The number of piperazine rings is 1. The molecule has 2 aromatic carbocycles. The monoisotopic (exact) mass is 906 g/mol. The Hall–Kier alpha value is -6.24. The van der Waals surface area contributed by atoms with Crippen molar-refractivity contribution in [1.82, 2.24) is 29.7 Å². The number of aromatic nitrogens is 3. The number of halogens is 4. The van der Waals surface area contributed by atoms with Crippen LogP contribution >= 0.6 is 0 Å². The quantitative estimate of drug-likeness (QED) is 0.105. The molecular formula is C46H54F4N8O7. The maximum absolute atomic E-state index is 15.4. The SMILES string of the molecule is CC1C[C@@H](c2ncc(-c3ccc(-c4ccc(C(=O)Nc5ccc(N6CCN(C(=O)C(C)(C)C)[C@H](F)[C@@H]6C)nc5)cc4OC(F)(F)F)cc3)[nH]2)N(C(=O)C(C2CCOCC2)N(C)C(=O)O)C1. The number of hydrogen-bond donors (Lipinski definition) is 3. The Kier molecular flexibility index (Phi) is 13.4. The lowest BCUT2D eigenvalue weighted by molar-refractivity contribution is -0.274. The molecule has 65 heavy (non-hydrogen) atoms. The van der Waals surface area contributed by atoms with E-state index in [2.05, 4.69) is 25.0 Å². The molecule has 5 heterocycles. The Morgan fingerprint density at radius 3 is 2.26 bits per heavy atom. The number of ether oxygens (including phenoxy) is 2. The van der Waals surface area contributed by atoms with E-state index in [1.54, 1.807) is 80.1 Å². The molecule has 19 heteroatoms. The third-order valence-corrected chi connectivity index (χ3v) is 12.3. The number of imidazole rings is 1. The third kappa shape index (κ3) is 10.3. The van der Waals surface area contributed by atoms with Gasteiger partial charge < -0.3 is 39.6 Å². The summed E-state index contributed by atoms with van der Waals surface area (Å²) < 4.78 is 66.6. The van der Waals surface area contributed by atoms with E-state index in [4.69, 9.17) is 4.74 Å². The molecule has 0 bridgehead atoms. The van der Waals surface area contributed by atoms with Crippen LogP contribution in [-0.2, 0) is 14.3 Å². The zero-order valence-electron chi connectivity index (χ0n) is 37.1. The Labute approximate surface area is 374 Å². The Bertz CT molecular complexity index is 2370. The van der Waals surface area contributed by atoms with Crippen LogP contribution in [0.5, 0.6) is 5.75 Å². The highest BCUT2D eigenvalue weighted by Crippen LogP contribution is 2.39. The molecule has 3 fully saturated rings. The number of aromatic amines is 1. The van der Waals surface area contributed by atoms with E-state index in [0.717, 1.165) is 11.0 Å². The Balaban J connectivity index is 1.04. The van der Waals surface area contributed by atoms with Gasteiger partial charge in [-0.15, -0.1) is 13.2 Å². The normalized spacial score (nSPS) is 21.2. The number of alkyl halides is 4. The van der Waals surface area contributed by atoms with E-state index < -0.39 is 53.9 Å². The average molecular weight is 907 g/mol. The van der Waals surface area contributed by atoms with E-state index in [1.165, 1.54) is 30.3 Å². The largest absolute Gasteiger partial charge is 0.573 e. The lowest BCUT2D eigenvalue weighted by Gasteiger charge is -2.44. The minimum atomic E-state index is -5.07. The van der Waals surface area contributed by atoms with Crippen LogP contribution in [0.25, 0.3) is 22.4 Å². The lowest BCUT2D eigenvalue weighted by Crippen LogP contribution is -2.60. The summed E-state index contributed by atoms with van der Waals surface area (Å²) in [5.41, 5.74) is 1.09. The second-order valence-electron chi connectivity index (χ2n) is 18.1. The molecule has 0 aliphatic carbocycles. The van der Waals surface area contributed by atoms with Crippen LogP contribution in [0.4, 0.5) is 33.9 Å². The molecule has 2 unspecified atom stereocenters. The number of nitrogens with one attached hydrogen (secondary N) is 2. The second kappa shape index (κ2) is 18.7. The first-order valence-electron chi connectivity index (χ1n) is 21.6. The first-order valence-corrected chi connectivity index (χ1v) is 21.6. The number of amides is 4. The van der Waals surface area contributed by atoms with Crippen molar-refractivity contribution in [1.29, 1.82) is 0 Å². The summed E-state index contributed by atoms with van der Waals surface area (Å²) in [7, 11) is 1.42. The number of likely N-dealkylation sites (tertiary alicyclic amines) is 1. The highest BCUT2D eigenvalue weighted by molar-refractivity contribution is 6.05. The summed E-state index contributed by atoms with van der Waals surface area (Å²) in [5.74, 6) is -1.00. The maximum atomic E-state index is 15.4. The molecular weight excluding hydrogens is 853 g/mol. The number of likely N-dealkylation sites (N-methyl/N-ethyl adjacent to an activating group) is 1. The zero-order chi connectivity index (χ0) is 47.0. The highest BCUT2D eigenvalue weighted by atomic mass is 19.4. The summed E-state index contributed by atoms with van der Waals surface area (Å²) in [6.45, 7) is 10.7. The van der Waals surface area contributed by atoms with Crippen molar-refractivity contribution in [3.05, 3.63) is 78.4 Å². The molecule has 0 radical (unpaired) electrons. The van der Waals surface area contributed by atoms with E-state index in [-0.39, 0.29) is 47.0 Å². The smallest absolute Gasteiger partial charge is 0.465 e. The highest BCUT2D eigenvalue weighted by Gasteiger charge is 2.44. The average Bonchev–Trinajstić information content (AvgIpc) is 3.91. The van der Waals surface area contributed by atoms with Gasteiger partial charge in [-0.05, 0) is 79.5 Å². The number of carbonyl (C=O) groups excluding carboxylic acids is 3. The molecule has 3 saturated heterocycles. The van der Waals surface area contributed by atoms with Gasteiger partial charge in [-0.1, -0.05) is 52.0 Å². The minimum absolute atomic E-state index is 0.0748. The first-order chi connectivity index (χ1) is 30.7. The van der Waals surface area contributed by atoms with Gasteiger partial charge in [0, 0.05) is 56.4 Å². The third-order valence-electron chi connectivity index (χ3n) is 12.3. The van der Waals surface area contributed by atoms with Crippen molar-refractivity contribution in [3.8, 4) is 28.1 Å². The molecule has 2 aromatic heterocycles. The Morgan fingerprint density at radius 2 is 1.63 bits per heavy atom. The predicted octanol–water partition coefficient (Wildman–Crippen LogP) is 7.98. The van der Waals surface area contributed by atoms with Crippen LogP contribution in [0.2, 0.25) is 0 Å². The summed E-state index contributed by atoms with van der Waals surface area (Å²) >= 11 is 0. The van der Waals surface area contributed by atoms with Crippen LogP contribution in [0, 0.1) is 17.3 Å². The molecule has 7 rings (SSSR count). The molecule has 15 nitrogen and oxygen atoms in total. The molecule has 3 aliphatic heterocycles. The summed E-state index contributed by atoms with van der Waals surface area (Å²) in [6, 6.07) is 11.5. The number of pyridine rings is 1. The van der Waals surface area contributed by atoms with E-state index >= 15 is 4.39 Å². The summed E-state index contributed by atoms with van der Waals surface area (Å²) in [6.07, 6.45) is -3.12. The van der Waals surface area contributed by atoms with Gasteiger partial charge in [-0.3, -0.25) is 19.3 Å².